The maximum Gasteiger partial charge on any atom is 0.243 e. The Morgan fingerprint density at radius 2 is 1.65 bits per heavy atom. The minimum atomic E-state index is -3.59. The number of hydrogen-bond acceptors (Lipinski definition) is 4. The van der Waals surface area contributed by atoms with Crippen molar-refractivity contribution in [2.24, 2.45) is 0 Å². The molecule has 2 aromatic carbocycles. The van der Waals surface area contributed by atoms with E-state index in [-0.39, 0.29) is 12.5 Å². The highest BCUT2D eigenvalue weighted by Gasteiger charge is 2.22. The van der Waals surface area contributed by atoms with Gasteiger partial charge in [-0.1, -0.05) is 28.1 Å². The van der Waals surface area contributed by atoms with Crippen LogP contribution in [0.4, 0.5) is 5.69 Å². The van der Waals surface area contributed by atoms with Crippen LogP contribution in [0.2, 0.25) is 0 Å². The molecule has 26 heavy (non-hydrogen) atoms. The molecule has 8 heteroatoms. The van der Waals surface area contributed by atoms with Crippen LogP contribution in [0, 0.1) is 0 Å². The number of benzene rings is 2. The van der Waals surface area contributed by atoms with E-state index in [4.69, 9.17) is 4.74 Å². The number of halogens is 1. The van der Waals surface area contributed by atoms with Gasteiger partial charge in [0, 0.05) is 18.1 Å². The van der Waals surface area contributed by atoms with Crippen molar-refractivity contribution in [3.8, 4) is 5.75 Å². The van der Waals surface area contributed by atoms with Gasteiger partial charge in [-0.15, -0.1) is 0 Å². The Hall–Kier alpha value is -2.06. The largest absolute Gasteiger partial charge is 0.497 e. The lowest BCUT2D eigenvalue weighted by Crippen LogP contribution is -2.41. The van der Waals surface area contributed by atoms with Gasteiger partial charge < -0.3 is 9.64 Å². The molecule has 1 amide bonds. The first kappa shape index (κ1) is 20.3. The van der Waals surface area contributed by atoms with Crippen molar-refractivity contribution in [3.63, 3.8) is 0 Å². The number of likely N-dealkylation sites (N-methyl/N-ethyl adjacent to an activating group) is 1. The van der Waals surface area contributed by atoms with Gasteiger partial charge in [-0.3, -0.25) is 9.10 Å². The summed E-state index contributed by atoms with van der Waals surface area (Å²) in [5, 5.41) is 0. The molecule has 0 aromatic heterocycles. The second-order valence-electron chi connectivity index (χ2n) is 5.84. The standard InChI is InChI=1S/C18H21BrN2O4S/c1-20(12-14-4-10-17(25-2)11-5-14)18(22)13-21(26(3,23)24)16-8-6-15(19)7-9-16/h4-11H,12-13H2,1-3H3. The molecule has 2 rings (SSSR count). The molecule has 0 saturated carbocycles. The van der Waals surface area contributed by atoms with Crippen molar-refractivity contribution >= 4 is 37.5 Å². The summed E-state index contributed by atoms with van der Waals surface area (Å²) in [6.07, 6.45) is 1.09. The van der Waals surface area contributed by atoms with Crippen LogP contribution in [0.3, 0.4) is 0 Å². The van der Waals surface area contributed by atoms with Crippen molar-refractivity contribution in [3.05, 3.63) is 58.6 Å². The van der Waals surface area contributed by atoms with Crippen molar-refractivity contribution in [2.45, 2.75) is 6.54 Å². The molecule has 0 N–H and O–H groups in total. The molecule has 0 fully saturated rings. The van der Waals surface area contributed by atoms with Gasteiger partial charge in [0.25, 0.3) is 0 Å². The van der Waals surface area contributed by atoms with Gasteiger partial charge in [-0.25, -0.2) is 8.42 Å². The van der Waals surface area contributed by atoms with E-state index >= 15 is 0 Å². The van der Waals surface area contributed by atoms with Crippen LogP contribution in [0.15, 0.2) is 53.0 Å². The lowest BCUT2D eigenvalue weighted by molar-refractivity contribution is -0.128. The highest BCUT2D eigenvalue weighted by Crippen LogP contribution is 2.21. The number of rotatable bonds is 7. The summed E-state index contributed by atoms with van der Waals surface area (Å²) < 4.78 is 31.3. The topological polar surface area (TPSA) is 66.9 Å². The fourth-order valence-corrected chi connectivity index (χ4v) is 3.46. The lowest BCUT2D eigenvalue weighted by atomic mass is 10.2. The summed E-state index contributed by atoms with van der Waals surface area (Å²) in [5.41, 5.74) is 1.37. The Labute approximate surface area is 162 Å². The molecular formula is C18H21BrN2O4S. The lowest BCUT2D eigenvalue weighted by Gasteiger charge is -2.25. The first-order valence-electron chi connectivity index (χ1n) is 7.81. The van der Waals surface area contributed by atoms with Crippen LogP contribution in [0.1, 0.15) is 5.56 Å². The Kier molecular flexibility index (Phi) is 6.66. The second kappa shape index (κ2) is 8.55. The van der Waals surface area contributed by atoms with Crippen LogP contribution >= 0.6 is 15.9 Å². The van der Waals surface area contributed by atoms with Crippen LogP contribution in [-0.4, -0.2) is 46.2 Å². The zero-order valence-electron chi connectivity index (χ0n) is 14.8. The Morgan fingerprint density at radius 1 is 1.08 bits per heavy atom. The number of methoxy groups -OCH3 is 1. The van der Waals surface area contributed by atoms with Crippen molar-refractivity contribution in [1.82, 2.24) is 4.90 Å². The third-order valence-corrected chi connectivity index (χ3v) is 5.47. The van der Waals surface area contributed by atoms with Gasteiger partial charge in [0.05, 0.1) is 19.1 Å². The quantitative estimate of drug-likeness (QED) is 0.663. The number of nitrogens with zero attached hydrogens (tertiary/aromatic N) is 2. The molecule has 0 spiro atoms. The highest BCUT2D eigenvalue weighted by atomic mass is 79.9. The van der Waals surface area contributed by atoms with Crippen LogP contribution in [-0.2, 0) is 21.4 Å². The molecule has 0 atom stereocenters. The average molecular weight is 441 g/mol. The third-order valence-electron chi connectivity index (χ3n) is 3.80. The van der Waals surface area contributed by atoms with Crippen LogP contribution in [0.25, 0.3) is 0 Å². The van der Waals surface area contributed by atoms with E-state index in [1.807, 2.05) is 24.3 Å². The number of ether oxygens (including phenoxy) is 1. The monoisotopic (exact) mass is 440 g/mol. The normalized spacial score (nSPS) is 11.1. The fraction of sp³-hybridized carbons (Fsp3) is 0.278. The second-order valence-corrected chi connectivity index (χ2v) is 8.67. The zero-order chi connectivity index (χ0) is 19.3. The Morgan fingerprint density at radius 3 is 2.15 bits per heavy atom. The number of carbonyl (C=O) groups is 1. The first-order valence-corrected chi connectivity index (χ1v) is 10.4. The summed E-state index contributed by atoms with van der Waals surface area (Å²) in [7, 11) is -0.350. The number of hydrogen-bond donors (Lipinski definition) is 0. The SMILES string of the molecule is COc1ccc(CN(C)C(=O)CN(c2ccc(Br)cc2)S(C)(=O)=O)cc1. The van der Waals surface area contributed by atoms with Gasteiger partial charge in [0.2, 0.25) is 15.9 Å². The summed E-state index contributed by atoms with van der Waals surface area (Å²) in [5.74, 6) is 0.440. The van der Waals surface area contributed by atoms with Gasteiger partial charge in [-0.2, -0.15) is 0 Å². The summed E-state index contributed by atoms with van der Waals surface area (Å²) >= 11 is 3.31. The minimum absolute atomic E-state index is 0.257. The van der Waals surface area contributed by atoms with Gasteiger partial charge in [-0.05, 0) is 42.0 Å². The highest BCUT2D eigenvalue weighted by molar-refractivity contribution is 9.10. The van der Waals surface area contributed by atoms with Gasteiger partial charge in [0.1, 0.15) is 12.3 Å². The molecule has 0 heterocycles. The predicted molar refractivity (Wildman–Crippen MR) is 106 cm³/mol. The molecule has 0 unspecified atom stereocenters. The van der Waals surface area contributed by atoms with E-state index < -0.39 is 10.0 Å². The van der Waals surface area contributed by atoms with Crippen molar-refractivity contribution in [1.29, 1.82) is 0 Å². The zero-order valence-corrected chi connectivity index (χ0v) is 17.2. The number of amides is 1. The molecule has 0 saturated heterocycles. The minimum Gasteiger partial charge on any atom is -0.497 e. The van der Waals surface area contributed by atoms with Crippen molar-refractivity contribution in [2.75, 3.05) is 31.3 Å². The molecule has 0 radical (unpaired) electrons. The Balaban J connectivity index is 2.11. The summed E-state index contributed by atoms with van der Waals surface area (Å²) in [4.78, 5) is 14.1. The van der Waals surface area contributed by atoms with Crippen LogP contribution < -0.4 is 9.04 Å². The molecule has 0 bridgehead atoms. The number of anilines is 1. The van der Waals surface area contributed by atoms with E-state index in [0.29, 0.717) is 12.2 Å². The molecule has 2 aromatic rings. The first-order chi connectivity index (χ1) is 12.2. The van der Waals surface area contributed by atoms with Gasteiger partial charge in [0.15, 0.2) is 0 Å². The van der Waals surface area contributed by atoms with Gasteiger partial charge >= 0.3 is 0 Å². The van der Waals surface area contributed by atoms with E-state index in [1.54, 1.807) is 38.4 Å². The molecule has 0 aliphatic rings. The van der Waals surface area contributed by atoms with E-state index in [0.717, 1.165) is 26.3 Å². The average Bonchev–Trinajstić information content (AvgIpc) is 2.60. The summed E-state index contributed by atoms with van der Waals surface area (Å²) in [6, 6.07) is 14.1. The third kappa shape index (κ3) is 5.47. The molecule has 0 aliphatic heterocycles. The molecule has 0 aliphatic carbocycles. The maximum atomic E-state index is 12.6. The molecular weight excluding hydrogens is 420 g/mol. The molecule has 6 nitrogen and oxygen atoms in total. The maximum absolute atomic E-state index is 12.6. The predicted octanol–water partition coefficient (Wildman–Crippen LogP) is 2.88. The fourth-order valence-electron chi connectivity index (χ4n) is 2.34. The number of sulfonamides is 1. The Bertz CT molecular complexity index is 852. The summed E-state index contributed by atoms with van der Waals surface area (Å²) in [6.45, 7) is 0.119. The van der Waals surface area contributed by atoms with Crippen molar-refractivity contribution < 1.29 is 17.9 Å². The molecule has 140 valence electrons. The smallest absolute Gasteiger partial charge is 0.243 e. The van der Waals surface area contributed by atoms with E-state index in [1.165, 1.54) is 4.90 Å². The van der Waals surface area contributed by atoms with Crippen LogP contribution in [0.5, 0.6) is 5.75 Å². The van der Waals surface area contributed by atoms with E-state index in [9.17, 15) is 13.2 Å². The number of carbonyl (C=O) groups excluding carboxylic acids is 1. The van der Waals surface area contributed by atoms with E-state index in [2.05, 4.69) is 15.9 Å².